The van der Waals surface area contributed by atoms with Gasteiger partial charge in [0.15, 0.2) is 0 Å². The lowest BCUT2D eigenvalue weighted by atomic mass is 10.2. The summed E-state index contributed by atoms with van der Waals surface area (Å²) < 4.78 is 0.973. The van der Waals surface area contributed by atoms with Crippen molar-refractivity contribution in [1.29, 1.82) is 0 Å². The number of aliphatic hydroxyl groups excluding tert-OH is 1. The first-order chi connectivity index (χ1) is 8.20. The van der Waals surface area contributed by atoms with Gasteiger partial charge >= 0.3 is 0 Å². The lowest BCUT2D eigenvalue weighted by molar-refractivity contribution is -0.134. The zero-order valence-electron chi connectivity index (χ0n) is 9.34. The van der Waals surface area contributed by atoms with Crippen molar-refractivity contribution in [2.45, 2.75) is 0 Å². The molecule has 1 aromatic rings. The molecule has 1 saturated heterocycles. The third-order valence-corrected chi connectivity index (χ3v) is 3.48. The summed E-state index contributed by atoms with van der Waals surface area (Å²) in [7, 11) is 0. The smallest absolute Gasteiger partial charge is 0.248 e. The van der Waals surface area contributed by atoms with E-state index < -0.39 is 6.61 Å². The van der Waals surface area contributed by atoms with Gasteiger partial charge in [0.05, 0.1) is 11.9 Å². The first kappa shape index (κ1) is 12.6. The fourth-order valence-corrected chi connectivity index (χ4v) is 2.19. The van der Waals surface area contributed by atoms with Crippen LogP contribution in [0, 0.1) is 3.70 Å². The molecule has 1 aliphatic heterocycles. The molecular formula is C11H14IN3O2. The number of aliphatic hydroxyl groups is 1. The Morgan fingerprint density at radius 3 is 2.59 bits per heavy atom. The molecule has 1 aliphatic rings. The van der Waals surface area contributed by atoms with Gasteiger partial charge in [-0.05, 0) is 34.7 Å². The number of hydrogen-bond donors (Lipinski definition) is 1. The largest absolute Gasteiger partial charge is 0.387 e. The number of rotatable bonds is 2. The highest BCUT2D eigenvalue weighted by Crippen LogP contribution is 2.16. The van der Waals surface area contributed by atoms with Crippen LogP contribution in [0.2, 0.25) is 0 Å². The minimum Gasteiger partial charge on any atom is -0.387 e. The Morgan fingerprint density at radius 1 is 1.35 bits per heavy atom. The van der Waals surface area contributed by atoms with E-state index in [1.165, 1.54) is 0 Å². The zero-order valence-corrected chi connectivity index (χ0v) is 11.5. The average molecular weight is 347 g/mol. The molecule has 1 aromatic heterocycles. The van der Waals surface area contributed by atoms with Crippen LogP contribution in [-0.2, 0) is 4.79 Å². The van der Waals surface area contributed by atoms with Gasteiger partial charge in [0.2, 0.25) is 5.91 Å². The third-order valence-electron chi connectivity index (χ3n) is 2.84. The van der Waals surface area contributed by atoms with Crippen molar-refractivity contribution in [2.75, 3.05) is 37.7 Å². The van der Waals surface area contributed by atoms with Gasteiger partial charge in [-0.2, -0.15) is 0 Å². The van der Waals surface area contributed by atoms with Gasteiger partial charge in [-0.3, -0.25) is 4.79 Å². The van der Waals surface area contributed by atoms with Gasteiger partial charge in [-0.1, -0.05) is 0 Å². The summed E-state index contributed by atoms with van der Waals surface area (Å²) in [6, 6.07) is 4.01. The Bertz CT molecular complexity index is 388. The normalized spacial score (nSPS) is 16.1. The summed E-state index contributed by atoms with van der Waals surface area (Å²) in [6.45, 7) is 2.49. The second-order valence-electron chi connectivity index (χ2n) is 3.87. The lowest BCUT2D eigenvalue weighted by Gasteiger charge is -2.35. The summed E-state index contributed by atoms with van der Waals surface area (Å²) in [4.78, 5) is 19.4. The second kappa shape index (κ2) is 5.63. The highest BCUT2D eigenvalue weighted by atomic mass is 127. The van der Waals surface area contributed by atoms with Crippen LogP contribution in [0.1, 0.15) is 0 Å². The second-order valence-corrected chi connectivity index (χ2v) is 4.97. The molecule has 0 spiro atoms. The fraction of sp³-hybridized carbons (Fsp3) is 0.455. The predicted molar refractivity (Wildman–Crippen MR) is 72.8 cm³/mol. The van der Waals surface area contributed by atoms with Crippen molar-refractivity contribution in [3.05, 3.63) is 22.0 Å². The average Bonchev–Trinajstić information content (AvgIpc) is 2.39. The van der Waals surface area contributed by atoms with Crippen molar-refractivity contribution in [3.63, 3.8) is 0 Å². The molecule has 0 aliphatic carbocycles. The van der Waals surface area contributed by atoms with E-state index in [4.69, 9.17) is 5.11 Å². The van der Waals surface area contributed by atoms with E-state index in [0.717, 1.165) is 22.5 Å². The maximum atomic E-state index is 11.3. The van der Waals surface area contributed by atoms with E-state index in [0.29, 0.717) is 13.1 Å². The van der Waals surface area contributed by atoms with Crippen LogP contribution in [-0.4, -0.2) is 53.7 Å². The number of nitrogens with zero attached hydrogens (tertiary/aromatic N) is 3. The molecule has 1 N–H and O–H groups in total. The molecular weight excluding hydrogens is 333 g/mol. The number of carbonyl (C=O) groups excluding carboxylic acids is 1. The first-order valence-corrected chi connectivity index (χ1v) is 6.53. The maximum absolute atomic E-state index is 11.3. The molecule has 6 heteroatoms. The molecule has 0 saturated carbocycles. The molecule has 0 aromatic carbocycles. The van der Waals surface area contributed by atoms with Crippen molar-refractivity contribution in [3.8, 4) is 0 Å². The minimum atomic E-state index is -0.398. The molecule has 0 radical (unpaired) electrons. The van der Waals surface area contributed by atoms with Gasteiger partial charge in [0.25, 0.3) is 0 Å². The third kappa shape index (κ3) is 3.06. The zero-order chi connectivity index (χ0) is 12.3. The Balaban J connectivity index is 1.95. The van der Waals surface area contributed by atoms with Crippen LogP contribution >= 0.6 is 22.6 Å². The van der Waals surface area contributed by atoms with Crippen LogP contribution in [0.4, 0.5) is 5.69 Å². The van der Waals surface area contributed by atoms with Gasteiger partial charge in [-0.25, -0.2) is 4.98 Å². The maximum Gasteiger partial charge on any atom is 0.248 e. The van der Waals surface area contributed by atoms with Crippen LogP contribution in [0.5, 0.6) is 0 Å². The van der Waals surface area contributed by atoms with Crippen LogP contribution in [0.25, 0.3) is 0 Å². The quantitative estimate of drug-likeness (QED) is 0.619. The SMILES string of the molecule is O=C(CO)N1CCN(c2ccc(I)nc2)CC1. The Morgan fingerprint density at radius 2 is 2.06 bits per heavy atom. The molecule has 2 heterocycles. The monoisotopic (exact) mass is 347 g/mol. The lowest BCUT2D eigenvalue weighted by Crippen LogP contribution is -2.49. The summed E-state index contributed by atoms with van der Waals surface area (Å²) >= 11 is 2.17. The number of anilines is 1. The number of halogens is 1. The van der Waals surface area contributed by atoms with Gasteiger partial charge in [-0.15, -0.1) is 0 Å². The highest BCUT2D eigenvalue weighted by molar-refractivity contribution is 14.1. The van der Waals surface area contributed by atoms with Gasteiger partial charge < -0.3 is 14.9 Å². The number of carbonyl (C=O) groups is 1. The van der Waals surface area contributed by atoms with Crippen molar-refractivity contribution in [1.82, 2.24) is 9.88 Å². The summed E-state index contributed by atoms with van der Waals surface area (Å²) in [6.07, 6.45) is 1.85. The van der Waals surface area contributed by atoms with E-state index in [1.807, 2.05) is 18.3 Å². The molecule has 5 nitrogen and oxygen atoms in total. The van der Waals surface area contributed by atoms with Gasteiger partial charge in [0.1, 0.15) is 10.3 Å². The number of amides is 1. The number of pyridine rings is 1. The Hall–Kier alpha value is -0.890. The summed E-state index contributed by atoms with van der Waals surface area (Å²) in [5.74, 6) is -0.189. The molecule has 1 fully saturated rings. The number of aromatic nitrogens is 1. The molecule has 0 atom stereocenters. The van der Waals surface area contributed by atoms with Crippen molar-refractivity contribution in [2.24, 2.45) is 0 Å². The van der Waals surface area contributed by atoms with E-state index in [2.05, 4.69) is 32.5 Å². The molecule has 17 heavy (non-hydrogen) atoms. The van der Waals surface area contributed by atoms with E-state index in [9.17, 15) is 4.79 Å². The van der Waals surface area contributed by atoms with Gasteiger partial charge in [0, 0.05) is 26.2 Å². The molecule has 1 amide bonds. The van der Waals surface area contributed by atoms with E-state index >= 15 is 0 Å². The Labute approximate surface area is 114 Å². The molecule has 0 bridgehead atoms. The fourth-order valence-electron chi connectivity index (χ4n) is 1.87. The first-order valence-electron chi connectivity index (χ1n) is 5.46. The summed E-state index contributed by atoms with van der Waals surface area (Å²) in [5, 5.41) is 8.78. The summed E-state index contributed by atoms with van der Waals surface area (Å²) in [5.41, 5.74) is 1.08. The number of hydrogen-bond acceptors (Lipinski definition) is 4. The highest BCUT2D eigenvalue weighted by Gasteiger charge is 2.20. The molecule has 92 valence electrons. The minimum absolute atomic E-state index is 0.189. The number of piperazine rings is 1. The van der Waals surface area contributed by atoms with Crippen molar-refractivity contribution < 1.29 is 9.90 Å². The van der Waals surface area contributed by atoms with Crippen LogP contribution in [0.15, 0.2) is 18.3 Å². The topological polar surface area (TPSA) is 56.7 Å². The predicted octanol–water partition coefficient (Wildman–Crippen LogP) is 0.327. The van der Waals surface area contributed by atoms with E-state index in [-0.39, 0.29) is 5.91 Å². The molecule has 0 unspecified atom stereocenters. The van der Waals surface area contributed by atoms with E-state index in [1.54, 1.807) is 4.90 Å². The standard InChI is InChI=1S/C11H14IN3O2/c12-10-2-1-9(7-13-10)14-3-5-15(6-4-14)11(17)8-16/h1-2,7,16H,3-6,8H2. The van der Waals surface area contributed by atoms with Crippen molar-refractivity contribution >= 4 is 34.2 Å². The van der Waals surface area contributed by atoms with Crippen LogP contribution in [0.3, 0.4) is 0 Å². The molecule has 2 rings (SSSR count). The van der Waals surface area contributed by atoms with Crippen LogP contribution < -0.4 is 4.90 Å². The Kier molecular flexibility index (Phi) is 4.16.